The lowest BCUT2D eigenvalue weighted by atomic mass is 10.1. The molecule has 6 heteroatoms. The maximum atomic E-state index is 6.16. The number of hydrogen-bond acceptors (Lipinski definition) is 1. The third-order valence-electron chi connectivity index (χ3n) is 2.19. The molecule has 0 N–H and O–H groups in total. The Kier molecular flexibility index (Phi) is 5.01. The van der Waals surface area contributed by atoms with Crippen LogP contribution in [0.2, 0.25) is 8.67 Å². The van der Waals surface area contributed by atoms with Gasteiger partial charge in [-0.2, -0.15) is 0 Å². The van der Waals surface area contributed by atoms with Crippen molar-refractivity contribution in [3.63, 3.8) is 0 Å². The molecule has 0 fully saturated rings. The molecule has 0 amide bonds. The molecule has 1 aromatic carbocycles. The summed E-state index contributed by atoms with van der Waals surface area (Å²) in [4.78, 5) is 0.0191. The van der Waals surface area contributed by atoms with E-state index in [1.54, 1.807) is 0 Å². The third kappa shape index (κ3) is 3.28. The van der Waals surface area contributed by atoms with Crippen LogP contribution in [-0.2, 0) is 0 Å². The van der Waals surface area contributed by atoms with E-state index < -0.39 is 0 Å². The normalized spacial score (nSPS) is 12.8. The SMILES string of the molecule is Clc1cc(C(Br)c2cc(Br)ccc2Br)c(Cl)s1. The standard InChI is InChI=1S/C11H5Br3Cl2S/c12-5-1-2-8(13)6(3-5)10(14)7-4-9(15)17-11(7)16/h1-4,10H. The second-order valence-corrected chi connectivity index (χ2v) is 8.28. The lowest BCUT2D eigenvalue weighted by molar-refractivity contribution is 1.17. The molecule has 0 aliphatic rings. The van der Waals surface area contributed by atoms with Crippen LogP contribution >= 0.6 is 82.3 Å². The van der Waals surface area contributed by atoms with Gasteiger partial charge in [0.25, 0.3) is 0 Å². The van der Waals surface area contributed by atoms with Crippen LogP contribution in [0.25, 0.3) is 0 Å². The van der Waals surface area contributed by atoms with Crippen molar-refractivity contribution in [2.75, 3.05) is 0 Å². The van der Waals surface area contributed by atoms with Gasteiger partial charge >= 0.3 is 0 Å². The van der Waals surface area contributed by atoms with Gasteiger partial charge in [-0.3, -0.25) is 0 Å². The molecule has 2 aromatic rings. The van der Waals surface area contributed by atoms with Crippen molar-refractivity contribution in [2.24, 2.45) is 0 Å². The van der Waals surface area contributed by atoms with Gasteiger partial charge in [-0.05, 0) is 29.8 Å². The molecular weight excluding hydrogens is 475 g/mol. The molecule has 1 unspecified atom stereocenters. The van der Waals surface area contributed by atoms with Crippen LogP contribution in [0.15, 0.2) is 33.2 Å². The zero-order valence-electron chi connectivity index (χ0n) is 8.18. The second kappa shape index (κ2) is 5.93. The Hall–Kier alpha value is 0.940. The summed E-state index contributed by atoms with van der Waals surface area (Å²) in [5.41, 5.74) is 2.09. The molecular formula is C11H5Br3Cl2S. The highest BCUT2D eigenvalue weighted by molar-refractivity contribution is 9.11. The molecule has 90 valence electrons. The minimum Gasteiger partial charge on any atom is -0.111 e. The summed E-state index contributed by atoms with van der Waals surface area (Å²) in [7, 11) is 0. The van der Waals surface area contributed by atoms with E-state index in [0.717, 1.165) is 20.1 Å². The van der Waals surface area contributed by atoms with E-state index in [1.807, 2.05) is 24.3 Å². The van der Waals surface area contributed by atoms with Crippen LogP contribution in [0, 0.1) is 0 Å². The fourth-order valence-electron chi connectivity index (χ4n) is 1.40. The predicted molar refractivity (Wildman–Crippen MR) is 87.0 cm³/mol. The van der Waals surface area contributed by atoms with Crippen molar-refractivity contribution in [1.82, 2.24) is 0 Å². The molecule has 0 saturated carbocycles. The van der Waals surface area contributed by atoms with E-state index in [2.05, 4.69) is 47.8 Å². The fourth-order valence-corrected chi connectivity index (χ4v) is 5.12. The molecule has 0 aliphatic heterocycles. The lowest BCUT2D eigenvalue weighted by Gasteiger charge is -2.12. The molecule has 0 bridgehead atoms. The molecule has 17 heavy (non-hydrogen) atoms. The van der Waals surface area contributed by atoms with Crippen molar-refractivity contribution in [2.45, 2.75) is 4.83 Å². The maximum Gasteiger partial charge on any atom is 0.0990 e. The number of thiophene rings is 1. The van der Waals surface area contributed by atoms with Crippen molar-refractivity contribution in [1.29, 1.82) is 0 Å². The highest BCUT2D eigenvalue weighted by Gasteiger charge is 2.19. The summed E-state index contributed by atoms with van der Waals surface area (Å²) in [6.07, 6.45) is 0. The zero-order chi connectivity index (χ0) is 12.6. The second-order valence-electron chi connectivity index (χ2n) is 3.31. The van der Waals surface area contributed by atoms with Crippen molar-refractivity contribution in [3.05, 3.63) is 53.0 Å². The minimum absolute atomic E-state index is 0.0191. The van der Waals surface area contributed by atoms with E-state index in [1.165, 1.54) is 11.3 Å². The van der Waals surface area contributed by atoms with Crippen LogP contribution in [-0.4, -0.2) is 0 Å². The summed E-state index contributed by atoms with van der Waals surface area (Å²) >= 11 is 24.2. The van der Waals surface area contributed by atoms with E-state index in [0.29, 0.717) is 8.67 Å². The highest BCUT2D eigenvalue weighted by atomic mass is 79.9. The maximum absolute atomic E-state index is 6.16. The van der Waals surface area contributed by atoms with Gasteiger partial charge in [-0.1, -0.05) is 71.0 Å². The zero-order valence-corrected chi connectivity index (χ0v) is 15.3. The number of hydrogen-bond donors (Lipinski definition) is 0. The first-order valence-electron chi connectivity index (χ1n) is 4.53. The highest BCUT2D eigenvalue weighted by Crippen LogP contribution is 2.43. The smallest absolute Gasteiger partial charge is 0.0990 e. The van der Waals surface area contributed by atoms with Gasteiger partial charge in [0.1, 0.15) is 0 Å². The number of benzene rings is 1. The topological polar surface area (TPSA) is 0 Å². The van der Waals surface area contributed by atoms with Gasteiger partial charge in [-0.15, -0.1) is 11.3 Å². The molecule has 2 rings (SSSR count). The Bertz CT molecular complexity index is 554. The van der Waals surface area contributed by atoms with Crippen LogP contribution in [0.4, 0.5) is 0 Å². The first kappa shape index (κ1) is 14.4. The molecule has 1 aromatic heterocycles. The summed E-state index contributed by atoms with van der Waals surface area (Å²) in [6.45, 7) is 0. The van der Waals surface area contributed by atoms with Gasteiger partial charge < -0.3 is 0 Å². The third-order valence-corrected chi connectivity index (χ3v) is 5.91. The van der Waals surface area contributed by atoms with Gasteiger partial charge in [0.05, 0.1) is 13.5 Å². The molecule has 0 nitrogen and oxygen atoms in total. The molecule has 0 spiro atoms. The average molecular weight is 480 g/mol. The van der Waals surface area contributed by atoms with Crippen molar-refractivity contribution in [3.8, 4) is 0 Å². The first-order chi connectivity index (χ1) is 7.99. The molecule has 1 heterocycles. The quantitative estimate of drug-likeness (QED) is 0.404. The van der Waals surface area contributed by atoms with E-state index >= 15 is 0 Å². The summed E-state index contributed by atoms with van der Waals surface area (Å²) < 4.78 is 3.46. The monoisotopic (exact) mass is 476 g/mol. The van der Waals surface area contributed by atoms with Gasteiger partial charge in [0.2, 0.25) is 0 Å². The largest absolute Gasteiger partial charge is 0.111 e. The Labute approximate surface area is 139 Å². The number of rotatable bonds is 2. The van der Waals surface area contributed by atoms with E-state index in [4.69, 9.17) is 23.2 Å². The molecule has 0 saturated heterocycles. The number of alkyl halides is 1. The van der Waals surface area contributed by atoms with E-state index in [9.17, 15) is 0 Å². The van der Waals surface area contributed by atoms with Crippen LogP contribution < -0.4 is 0 Å². The lowest BCUT2D eigenvalue weighted by Crippen LogP contribution is -1.93. The Morgan fingerprint density at radius 3 is 2.35 bits per heavy atom. The van der Waals surface area contributed by atoms with Crippen LogP contribution in [0.1, 0.15) is 16.0 Å². The Balaban J connectivity index is 2.46. The van der Waals surface area contributed by atoms with Gasteiger partial charge in [0.15, 0.2) is 0 Å². The van der Waals surface area contributed by atoms with Crippen LogP contribution in [0.5, 0.6) is 0 Å². The predicted octanol–water partition coefficient (Wildman–Crippen LogP) is 7.06. The van der Waals surface area contributed by atoms with Gasteiger partial charge in [0, 0.05) is 14.5 Å². The Morgan fingerprint density at radius 2 is 1.76 bits per heavy atom. The summed E-state index contributed by atoms with van der Waals surface area (Å²) in [5.74, 6) is 0. The fraction of sp³-hybridized carbons (Fsp3) is 0.0909. The van der Waals surface area contributed by atoms with Gasteiger partial charge in [-0.25, -0.2) is 0 Å². The summed E-state index contributed by atoms with van der Waals surface area (Å²) in [5, 5.41) is 0. The van der Waals surface area contributed by atoms with Crippen LogP contribution in [0.3, 0.4) is 0 Å². The summed E-state index contributed by atoms with van der Waals surface area (Å²) in [6, 6.07) is 7.91. The molecule has 0 radical (unpaired) electrons. The number of halogens is 5. The minimum atomic E-state index is 0.0191. The van der Waals surface area contributed by atoms with Crippen molar-refractivity contribution < 1.29 is 0 Å². The average Bonchev–Trinajstić information content (AvgIpc) is 2.60. The van der Waals surface area contributed by atoms with E-state index in [-0.39, 0.29) is 4.83 Å². The molecule has 1 atom stereocenters. The van der Waals surface area contributed by atoms with Crippen molar-refractivity contribution >= 4 is 82.3 Å². The Morgan fingerprint density at radius 1 is 1.06 bits per heavy atom. The first-order valence-corrected chi connectivity index (χ1v) is 8.60. The molecule has 0 aliphatic carbocycles.